The first-order valence-corrected chi connectivity index (χ1v) is 9.19. The highest BCUT2D eigenvalue weighted by atomic mass is 79.9. The molecule has 2 rings (SSSR count). The molecule has 1 fully saturated rings. The predicted octanol–water partition coefficient (Wildman–Crippen LogP) is 3.73. The van der Waals surface area contributed by atoms with Crippen molar-refractivity contribution in [2.75, 3.05) is 12.3 Å². The Morgan fingerprint density at radius 3 is 2.74 bits per heavy atom. The first-order chi connectivity index (χ1) is 9.20. The highest BCUT2D eigenvalue weighted by Crippen LogP contribution is 2.29. The highest BCUT2D eigenvalue weighted by molar-refractivity contribution is 9.10. The summed E-state index contributed by atoms with van der Waals surface area (Å²) in [5.74, 6) is 1.49. The van der Waals surface area contributed by atoms with Crippen molar-refractivity contribution in [1.29, 1.82) is 0 Å². The molecular formula is C15H22BrNOS. The molecule has 1 aromatic rings. The number of nitrogens with one attached hydrogen (secondary N) is 1. The molecule has 19 heavy (non-hydrogen) atoms. The van der Waals surface area contributed by atoms with Crippen molar-refractivity contribution in [1.82, 2.24) is 5.32 Å². The third kappa shape index (κ3) is 4.40. The fraction of sp³-hybridized carbons (Fsp3) is 0.600. The Bertz CT molecular complexity index is 421. The van der Waals surface area contributed by atoms with Gasteiger partial charge in [0.2, 0.25) is 0 Å². The topological polar surface area (TPSA) is 29.1 Å². The van der Waals surface area contributed by atoms with Gasteiger partial charge < -0.3 is 5.32 Å². The Morgan fingerprint density at radius 2 is 2.05 bits per heavy atom. The van der Waals surface area contributed by atoms with E-state index in [1.807, 2.05) is 24.3 Å². The molecule has 0 radical (unpaired) electrons. The maximum Gasteiger partial charge on any atom is 0.0529 e. The molecule has 1 aromatic carbocycles. The molecule has 1 N–H and O–H groups in total. The van der Waals surface area contributed by atoms with Crippen LogP contribution in [0.3, 0.4) is 0 Å². The van der Waals surface area contributed by atoms with Gasteiger partial charge in [-0.25, -0.2) is 0 Å². The normalized spacial score (nSPS) is 24.5. The molecule has 0 aliphatic heterocycles. The van der Waals surface area contributed by atoms with Gasteiger partial charge in [-0.05, 0) is 56.0 Å². The lowest BCUT2D eigenvalue weighted by Crippen LogP contribution is -2.32. The van der Waals surface area contributed by atoms with Crippen molar-refractivity contribution in [3.8, 4) is 0 Å². The van der Waals surface area contributed by atoms with Crippen LogP contribution in [0.15, 0.2) is 33.6 Å². The molecule has 4 heteroatoms. The Kier molecular flexibility index (Phi) is 6.05. The van der Waals surface area contributed by atoms with E-state index in [0.717, 1.165) is 28.1 Å². The Hall–Kier alpha value is -0.190. The minimum atomic E-state index is -0.855. The van der Waals surface area contributed by atoms with E-state index in [0.29, 0.717) is 12.0 Å². The first kappa shape index (κ1) is 15.2. The van der Waals surface area contributed by atoms with Gasteiger partial charge in [-0.3, -0.25) is 4.21 Å². The summed E-state index contributed by atoms with van der Waals surface area (Å²) in [5.41, 5.74) is 0. The fourth-order valence-corrected chi connectivity index (χ4v) is 4.33. The number of rotatable bonds is 6. The molecule has 2 nitrogen and oxygen atoms in total. The molecule has 0 aromatic heterocycles. The van der Waals surface area contributed by atoms with Gasteiger partial charge in [-0.15, -0.1) is 0 Å². The van der Waals surface area contributed by atoms with Crippen LogP contribution in [-0.2, 0) is 10.8 Å². The predicted molar refractivity (Wildman–Crippen MR) is 84.8 cm³/mol. The lowest BCUT2D eigenvalue weighted by Gasteiger charge is -2.20. The second kappa shape index (κ2) is 7.55. The van der Waals surface area contributed by atoms with E-state index in [4.69, 9.17) is 0 Å². The first-order valence-electron chi connectivity index (χ1n) is 7.08. The average molecular weight is 344 g/mol. The molecule has 1 saturated carbocycles. The van der Waals surface area contributed by atoms with Gasteiger partial charge in [0.1, 0.15) is 0 Å². The smallest absolute Gasteiger partial charge is 0.0529 e. The molecule has 1 aliphatic rings. The van der Waals surface area contributed by atoms with Crippen LogP contribution in [0.5, 0.6) is 0 Å². The minimum absolute atomic E-state index is 0.645. The van der Waals surface area contributed by atoms with Crippen LogP contribution in [0.25, 0.3) is 0 Å². The summed E-state index contributed by atoms with van der Waals surface area (Å²) < 4.78 is 13.3. The highest BCUT2D eigenvalue weighted by Gasteiger charge is 2.26. The maximum absolute atomic E-state index is 12.3. The zero-order valence-corrected chi connectivity index (χ0v) is 13.8. The minimum Gasteiger partial charge on any atom is -0.314 e. The van der Waals surface area contributed by atoms with E-state index in [1.54, 1.807) is 0 Å². The van der Waals surface area contributed by atoms with E-state index in [-0.39, 0.29) is 0 Å². The van der Waals surface area contributed by atoms with Crippen molar-refractivity contribution in [3.05, 3.63) is 28.7 Å². The number of hydrogen-bond donors (Lipinski definition) is 1. The van der Waals surface area contributed by atoms with Crippen molar-refractivity contribution >= 4 is 26.7 Å². The molecule has 0 heterocycles. The summed E-state index contributed by atoms with van der Waals surface area (Å²) in [7, 11) is -0.855. The zero-order valence-electron chi connectivity index (χ0n) is 11.4. The van der Waals surface area contributed by atoms with Crippen LogP contribution in [0.4, 0.5) is 0 Å². The van der Waals surface area contributed by atoms with E-state index >= 15 is 0 Å². The quantitative estimate of drug-likeness (QED) is 0.852. The van der Waals surface area contributed by atoms with E-state index in [2.05, 4.69) is 28.2 Å². The van der Waals surface area contributed by atoms with E-state index in [1.165, 1.54) is 19.3 Å². The summed E-state index contributed by atoms with van der Waals surface area (Å²) in [6.45, 7) is 3.20. The van der Waals surface area contributed by atoms with E-state index < -0.39 is 10.8 Å². The van der Waals surface area contributed by atoms with Crippen LogP contribution in [0, 0.1) is 5.92 Å². The lowest BCUT2D eigenvalue weighted by molar-refractivity contribution is 0.399. The third-order valence-corrected chi connectivity index (χ3v) is 5.81. The lowest BCUT2D eigenvalue weighted by atomic mass is 10.0. The van der Waals surface area contributed by atoms with Crippen LogP contribution < -0.4 is 5.32 Å². The van der Waals surface area contributed by atoms with Gasteiger partial charge in [-0.1, -0.05) is 29.3 Å². The Balaban J connectivity index is 1.84. The van der Waals surface area contributed by atoms with Gasteiger partial charge >= 0.3 is 0 Å². The summed E-state index contributed by atoms with van der Waals surface area (Å²) in [6.07, 6.45) is 4.95. The number of hydrogen-bond acceptors (Lipinski definition) is 2. The van der Waals surface area contributed by atoms with Gasteiger partial charge in [0, 0.05) is 21.2 Å². The van der Waals surface area contributed by atoms with Crippen molar-refractivity contribution in [3.63, 3.8) is 0 Å². The molecule has 106 valence electrons. The Morgan fingerprint density at radius 1 is 1.32 bits per heavy atom. The SMILES string of the molecule is CCNC1CCCC1CCS(=O)c1ccc(Br)cc1. The van der Waals surface area contributed by atoms with Crippen LogP contribution in [-0.4, -0.2) is 22.5 Å². The number of halogens is 1. The van der Waals surface area contributed by atoms with Crippen molar-refractivity contribution < 1.29 is 4.21 Å². The van der Waals surface area contributed by atoms with E-state index in [9.17, 15) is 4.21 Å². The van der Waals surface area contributed by atoms with Gasteiger partial charge in [0.05, 0.1) is 10.8 Å². The molecule has 0 saturated heterocycles. The van der Waals surface area contributed by atoms with Crippen molar-refractivity contribution in [2.24, 2.45) is 5.92 Å². The molecule has 0 amide bonds. The van der Waals surface area contributed by atoms with Crippen LogP contribution >= 0.6 is 15.9 Å². The standard InChI is InChI=1S/C15H22BrNOS/c1-2-17-15-5-3-4-12(15)10-11-19(18)14-8-6-13(16)7-9-14/h6-9,12,15,17H,2-5,10-11H2,1H3. The molecule has 0 spiro atoms. The zero-order chi connectivity index (χ0) is 13.7. The molecule has 3 unspecified atom stereocenters. The molecular weight excluding hydrogens is 322 g/mol. The van der Waals surface area contributed by atoms with Crippen LogP contribution in [0.2, 0.25) is 0 Å². The maximum atomic E-state index is 12.3. The van der Waals surface area contributed by atoms with Gasteiger partial charge in [0.15, 0.2) is 0 Å². The summed E-state index contributed by atoms with van der Waals surface area (Å²) in [5, 5.41) is 3.56. The summed E-state index contributed by atoms with van der Waals surface area (Å²) >= 11 is 3.41. The summed E-state index contributed by atoms with van der Waals surface area (Å²) in [6, 6.07) is 8.48. The average Bonchev–Trinajstić information content (AvgIpc) is 2.85. The third-order valence-electron chi connectivity index (χ3n) is 3.88. The molecule has 1 aliphatic carbocycles. The summed E-state index contributed by atoms with van der Waals surface area (Å²) in [4.78, 5) is 0.946. The molecule has 0 bridgehead atoms. The monoisotopic (exact) mass is 343 g/mol. The molecule has 3 atom stereocenters. The fourth-order valence-electron chi connectivity index (χ4n) is 2.88. The van der Waals surface area contributed by atoms with Crippen molar-refractivity contribution in [2.45, 2.75) is 43.5 Å². The largest absolute Gasteiger partial charge is 0.314 e. The van der Waals surface area contributed by atoms with Gasteiger partial charge in [0.25, 0.3) is 0 Å². The van der Waals surface area contributed by atoms with Crippen LogP contribution in [0.1, 0.15) is 32.6 Å². The van der Waals surface area contributed by atoms with Gasteiger partial charge in [-0.2, -0.15) is 0 Å². The number of benzene rings is 1. The Labute approximate surface area is 127 Å². The second-order valence-corrected chi connectivity index (χ2v) is 7.63. The second-order valence-electron chi connectivity index (χ2n) is 5.15.